The van der Waals surface area contributed by atoms with Crippen molar-refractivity contribution in [2.45, 2.75) is 50.3 Å². The van der Waals surface area contributed by atoms with Crippen molar-refractivity contribution >= 4 is 0 Å². The number of para-hydroxylation sites is 1. The van der Waals surface area contributed by atoms with Gasteiger partial charge in [-0.1, -0.05) is 18.2 Å². The Kier molecular flexibility index (Phi) is 4.56. The summed E-state index contributed by atoms with van der Waals surface area (Å²) in [5.41, 5.74) is 1.23. The van der Waals surface area contributed by atoms with Crippen LogP contribution in [-0.4, -0.2) is 38.1 Å². The monoisotopic (exact) mass is 317 g/mol. The van der Waals surface area contributed by atoms with E-state index >= 15 is 0 Å². The molecule has 4 nitrogen and oxygen atoms in total. The lowest BCUT2D eigenvalue weighted by atomic mass is 9.89. The summed E-state index contributed by atoms with van der Waals surface area (Å²) in [6.07, 6.45) is 5.82. The van der Waals surface area contributed by atoms with Crippen LogP contribution in [0.1, 0.15) is 37.7 Å². The van der Waals surface area contributed by atoms with Crippen LogP contribution < -0.4 is 10.1 Å². The van der Waals surface area contributed by atoms with E-state index in [1.807, 2.05) is 0 Å². The predicted octanol–water partition coefficient (Wildman–Crippen LogP) is 2.90. The third kappa shape index (κ3) is 3.87. The molecule has 0 amide bonds. The highest BCUT2D eigenvalue weighted by Crippen LogP contribution is 2.33. The summed E-state index contributed by atoms with van der Waals surface area (Å²) in [7, 11) is 0. The molecular weight excluding hydrogens is 290 g/mol. The lowest BCUT2D eigenvalue weighted by Crippen LogP contribution is -2.47. The van der Waals surface area contributed by atoms with Crippen LogP contribution in [0, 0.1) is 5.92 Å². The molecule has 2 aliphatic heterocycles. The number of hydrogen-bond acceptors (Lipinski definition) is 4. The van der Waals surface area contributed by atoms with Crippen molar-refractivity contribution in [2.75, 3.05) is 26.4 Å². The van der Waals surface area contributed by atoms with Crippen LogP contribution in [0.2, 0.25) is 0 Å². The van der Waals surface area contributed by atoms with E-state index in [1.54, 1.807) is 0 Å². The van der Waals surface area contributed by atoms with Gasteiger partial charge in [0.15, 0.2) is 0 Å². The standard InChI is InChI=1S/C19H27NO3/c1-2-4-18(22-13-15-5-6-15)16(3-1)12-20-17-7-9-23-19(11-17)8-10-21-14-19/h1-4,15,17,20H,5-14H2/t17-,19-/m1/s1. The summed E-state index contributed by atoms with van der Waals surface area (Å²) in [5.74, 6) is 1.83. The Morgan fingerprint density at radius 1 is 1.17 bits per heavy atom. The van der Waals surface area contributed by atoms with E-state index in [-0.39, 0.29) is 5.60 Å². The fourth-order valence-electron chi connectivity index (χ4n) is 3.60. The van der Waals surface area contributed by atoms with E-state index < -0.39 is 0 Å². The molecule has 3 aliphatic rings. The molecule has 3 fully saturated rings. The fourth-order valence-corrected chi connectivity index (χ4v) is 3.60. The van der Waals surface area contributed by atoms with Crippen LogP contribution in [0.5, 0.6) is 5.75 Å². The minimum atomic E-state index is -0.0299. The molecule has 0 radical (unpaired) electrons. The van der Waals surface area contributed by atoms with Gasteiger partial charge in [0.25, 0.3) is 0 Å². The van der Waals surface area contributed by atoms with Gasteiger partial charge in [0.05, 0.1) is 18.8 Å². The van der Waals surface area contributed by atoms with Crippen molar-refractivity contribution < 1.29 is 14.2 Å². The average Bonchev–Trinajstić information content (AvgIpc) is 3.32. The van der Waals surface area contributed by atoms with Crippen molar-refractivity contribution in [3.8, 4) is 5.75 Å². The quantitative estimate of drug-likeness (QED) is 0.876. The lowest BCUT2D eigenvalue weighted by Gasteiger charge is -2.37. The summed E-state index contributed by atoms with van der Waals surface area (Å²) in [4.78, 5) is 0. The molecule has 0 unspecified atom stereocenters. The number of hydrogen-bond donors (Lipinski definition) is 1. The third-order valence-electron chi connectivity index (χ3n) is 5.29. The lowest BCUT2D eigenvalue weighted by molar-refractivity contribution is -0.0894. The number of ether oxygens (including phenoxy) is 3. The molecule has 0 bridgehead atoms. The maximum atomic E-state index is 6.01. The molecule has 2 saturated heterocycles. The van der Waals surface area contributed by atoms with E-state index in [0.717, 1.165) is 63.9 Å². The molecule has 1 saturated carbocycles. The molecule has 1 spiro atoms. The molecule has 1 aliphatic carbocycles. The number of rotatable bonds is 6. The topological polar surface area (TPSA) is 39.7 Å². The normalized spacial score (nSPS) is 30.7. The molecule has 0 aromatic heterocycles. The van der Waals surface area contributed by atoms with Crippen LogP contribution in [0.15, 0.2) is 24.3 Å². The molecule has 4 heteroatoms. The zero-order chi connectivity index (χ0) is 15.5. The average molecular weight is 317 g/mol. The molecule has 1 N–H and O–H groups in total. The van der Waals surface area contributed by atoms with Gasteiger partial charge in [-0.05, 0) is 37.7 Å². The van der Waals surface area contributed by atoms with Gasteiger partial charge in [0, 0.05) is 37.8 Å². The Balaban J connectivity index is 1.33. The summed E-state index contributed by atoms with van der Waals surface area (Å²) < 4.78 is 17.6. The summed E-state index contributed by atoms with van der Waals surface area (Å²) in [6, 6.07) is 8.92. The van der Waals surface area contributed by atoms with Gasteiger partial charge in [0.2, 0.25) is 0 Å². The minimum absolute atomic E-state index is 0.0299. The molecule has 4 rings (SSSR count). The van der Waals surface area contributed by atoms with Crippen LogP contribution in [0.3, 0.4) is 0 Å². The van der Waals surface area contributed by atoms with E-state index in [1.165, 1.54) is 18.4 Å². The smallest absolute Gasteiger partial charge is 0.123 e. The van der Waals surface area contributed by atoms with Gasteiger partial charge < -0.3 is 19.5 Å². The Hall–Kier alpha value is -1.10. The summed E-state index contributed by atoms with van der Waals surface area (Å²) >= 11 is 0. The van der Waals surface area contributed by atoms with Gasteiger partial charge in [-0.2, -0.15) is 0 Å². The zero-order valence-corrected chi connectivity index (χ0v) is 13.8. The summed E-state index contributed by atoms with van der Waals surface area (Å²) in [6.45, 7) is 4.16. The third-order valence-corrected chi connectivity index (χ3v) is 5.29. The number of nitrogens with one attached hydrogen (secondary N) is 1. The highest BCUT2D eigenvalue weighted by molar-refractivity contribution is 5.33. The minimum Gasteiger partial charge on any atom is -0.493 e. The Morgan fingerprint density at radius 3 is 2.91 bits per heavy atom. The van der Waals surface area contributed by atoms with Crippen LogP contribution in [0.4, 0.5) is 0 Å². The molecule has 2 heterocycles. The maximum Gasteiger partial charge on any atom is 0.123 e. The first-order valence-electron chi connectivity index (χ1n) is 8.99. The first-order chi connectivity index (χ1) is 11.3. The van der Waals surface area contributed by atoms with E-state index in [2.05, 4.69) is 29.6 Å². The van der Waals surface area contributed by atoms with Crippen LogP contribution in [-0.2, 0) is 16.0 Å². The predicted molar refractivity (Wildman–Crippen MR) is 88.6 cm³/mol. The van der Waals surface area contributed by atoms with E-state index in [0.29, 0.717) is 6.04 Å². The maximum absolute atomic E-state index is 6.01. The molecule has 2 atom stereocenters. The van der Waals surface area contributed by atoms with Crippen molar-refractivity contribution in [3.63, 3.8) is 0 Å². The summed E-state index contributed by atoms with van der Waals surface area (Å²) in [5, 5.41) is 3.72. The Labute approximate surface area is 138 Å². The molecule has 23 heavy (non-hydrogen) atoms. The van der Waals surface area contributed by atoms with Crippen molar-refractivity contribution in [2.24, 2.45) is 5.92 Å². The number of benzene rings is 1. The Morgan fingerprint density at radius 2 is 2.09 bits per heavy atom. The molecular formula is C19H27NO3. The van der Waals surface area contributed by atoms with Gasteiger partial charge in [0.1, 0.15) is 5.75 Å². The van der Waals surface area contributed by atoms with Gasteiger partial charge in [-0.3, -0.25) is 0 Å². The van der Waals surface area contributed by atoms with Crippen LogP contribution in [0.25, 0.3) is 0 Å². The second kappa shape index (κ2) is 6.80. The first-order valence-corrected chi connectivity index (χ1v) is 8.99. The van der Waals surface area contributed by atoms with Crippen molar-refractivity contribution in [1.82, 2.24) is 5.32 Å². The second-order valence-electron chi connectivity index (χ2n) is 7.27. The highest BCUT2D eigenvalue weighted by Gasteiger charge is 2.40. The van der Waals surface area contributed by atoms with Gasteiger partial charge in [-0.25, -0.2) is 0 Å². The SMILES string of the molecule is c1ccc(OCC2CC2)c(CN[C@@H]2CCO[C@]3(CCOC3)C2)c1. The van der Waals surface area contributed by atoms with Crippen molar-refractivity contribution in [3.05, 3.63) is 29.8 Å². The fraction of sp³-hybridized carbons (Fsp3) is 0.684. The highest BCUT2D eigenvalue weighted by atomic mass is 16.6. The van der Waals surface area contributed by atoms with Crippen molar-refractivity contribution in [1.29, 1.82) is 0 Å². The molecule has 1 aromatic rings. The van der Waals surface area contributed by atoms with Crippen LogP contribution >= 0.6 is 0 Å². The Bertz CT molecular complexity index is 523. The van der Waals surface area contributed by atoms with Gasteiger partial charge in [-0.15, -0.1) is 0 Å². The van der Waals surface area contributed by atoms with Gasteiger partial charge >= 0.3 is 0 Å². The largest absolute Gasteiger partial charge is 0.493 e. The molecule has 126 valence electrons. The second-order valence-corrected chi connectivity index (χ2v) is 7.27. The zero-order valence-electron chi connectivity index (χ0n) is 13.8. The first kappa shape index (κ1) is 15.4. The van der Waals surface area contributed by atoms with E-state index in [9.17, 15) is 0 Å². The molecule has 1 aromatic carbocycles. The van der Waals surface area contributed by atoms with E-state index in [4.69, 9.17) is 14.2 Å².